The maximum absolute atomic E-state index is 10.9. The molecule has 4 aliphatic heterocycles. The molecule has 0 radical (unpaired) electrons. The van der Waals surface area contributed by atoms with Crippen molar-refractivity contribution in [3.8, 4) is 28.7 Å². The van der Waals surface area contributed by atoms with E-state index in [4.69, 9.17) is 33.2 Å². The predicted octanol–water partition coefficient (Wildman–Crippen LogP) is -2.92. The number of aromatic hydroxyl groups is 4. The summed E-state index contributed by atoms with van der Waals surface area (Å²) in [5.41, 5.74) is 0.515. The van der Waals surface area contributed by atoms with Crippen molar-refractivity contribution in [3.63, 3.8) is 0 Å². The van der Waals surface area contributed by atoms with Gasteiger partial charge in [-0.05, 0) is 24.6 Å². The van der Waals surface area contributed by atoms with Gasteiger partial charge in [0.1, 0.15) is 78.3 Å². The van der Waals surface area contributed by atoms with E-state index in [9.17, 15) is 61.3 Å². The first-order valence-electron chi connectivity index (χ1n) is 16.7. The monoisotopic (exact) mass is 744 g/mol. The molecule has 6 rings (SSSR count). The smallest absolute Gasteiger partial charge is 0.187 e. The summed E-state index contributed by atoms with van der Waals surface area (Å²) in [6.45, 7) is 0.287. The molecule has 0 amide bonds. The maximum Gasteiger partial charge on any atom is 0.187 e. The van der Waals surface area contributed by atoms with Gasteiger partial charge in [-0.2, -0.15) is 0 Å². The van der Waals surface area contributed by atoms with Crippen molar-refractivity contribution in [2.24, 2.45) is 0 Å². The molecular weight excluding hydrogens is 700 g/mol. The Morgan fingerprint density at radius 3 is 2.02 bits per heavy atom. The van der Waals surface area contributed by atoms with E-state index in [0.29, 0.717) is 0 Å². The zero-order valence-corrected chi connectivity index (χ0v) is 27.7. The normalized spacial score (nSPS) is 40.9. The Labute approximate surface area is 295 Å². The van der Waals surface area contributed by atoms with Crippen molar-refractivity contribution < 1.29 is 94.4 Å². The Bertz CT molecular complexity index is 1530. The number of aliphatic hydroxyl groups excluding tert-OH is 8. The van der Waals surface area contributed by atoms with Crippen LogP contribution in [-0.4, -0.2) is 167 Å². The lowest BCUT2D eigenvalue weighted by atomic mass is 9.93. The van der Waals surface area contributed by atoms with Gasteiger partial charge in [-0.3, -0.25) is 0 Å². The van der Waals surface area contributed by atoms with Crippen LogP contribution in [0.5, 0.6) is 28.7 Å². The molecule has 52 heavy (non-hydrogen) atoms. The molecule has 0 spiro atoms. The molecule has 3 saturated heterocycles. The fourth-order valence-corrected chi connectivity index (χ4v) is 6.70. The van der Waals surface area contributed by atoms with Gasteiger partial charge in [-0.15, -0.1) is 0 Å². The SMILES string of the molecule is C[C@@H]1O[C@@H](O[C@H]2C[C@@H](O)[C@H](OC[C@H]3O[C@@H](O[C@H]4Cc5c(O)cc(O)cc5O[C@@H]4c4ccc(O)c(O)c4)[C@H](O)[C@@H](O)[C@@H]3O)O[C@@H]2CO)[C@H](O)[C@H](O)[C@H]1O. The number of benzene rings is 2. The molecule has 3 fully saturated rings. The minimum atomic E-state index is -1.83. The highest BCUT2D eigenvalue weighted by atomic mass is 16.7. The van der Waals surface area contributed by atoms with Crippen LogP contribution in [0.2, 0.25) is 0 Å². The molecule has 2 aromatic rings. The lowest BCUT2D eigenvalue weighted by Crippen LogP contribution is -2.61. The molecule has 290 valence electrons. The molecule has 0 aromatic heterocycles. The zero-order chi connectivity index (χ0) is 37.6. The maximum atomic E-state index is 10.9. The van der Waals surface area contributed by atoms with Crippen LogP contribution in [0.3, 0.4) is 0 Å². The lowest BCUT2D eigenvalue weighted by molar-refractivity contribution is -0.348. The molecule has 19 nitrogen and oxygen atoms in total. The average molecular weight is 745 g/mol. The van der Waals surface area contributed by atoms with Gasteiger partial charge in [0, 0.05) is 30.5 Å². The third kappa shape index (κ3) is 7.74. The molecule has 0 bridgehead atoms. The van der Waals surface area contributed by atoms with Gasteiger partial charge in [-0.25, -0.2) is 0 Å². The van der Waals surface area contributed by atoms with E-state index in [1.165, 1.54) is 31.2 Å². The van der Waals surface area contributed by atoms with Crippen molar-refractivity contribution in [1.29, 1.82) is 0 Å². The highest BCUT2D eigenvalue weighted by molar-refractivity contribution is 5.52. The Kier molecular flexibility index (Phi) is 11.7. The standard InChI is InChI=1S/C33H44O19/c1-11-24(40)26(42)28(44)32(47-11)49-20-8-18(39)31(51-22(20)9-34)46-10-23-25(41)27(43)29(45)33(52-23)50-21-7-14-16(37)5-13(35)6-19(14)48-30(21)12-2-3-15(36)17(38)4-12/h2-6,11,18,20-45H,7-10H2,1H3/t11-,18+,20-,21-,22+,23+,24-,25+,26+,27-,28+,29+,30+,31+,32-,33+/m0/s1. The first-order chi connectivity index (χ1) is 24.7. The summed E-state index contributed by atoms with van der Waals surface area (Å²) in [6, 6.07) is 6.20. The van der Waals surface area contributed by atoms with Gasteiger partial charge in [0.15, 0.2) is 36.5 Å². The van der Waals surface area contributed by atoms with Gasteiger partial charge >= 0.3 is 0 Å². The molecule has 16 atom stereocenters. The van der Waals surface area contributed by atoms with E-state index >= 15 is 0 Å². The first kappa shape index (κ1) is 38.6. The Hall–Kier alpha value is -3.12. The fourth-order valence-electron chi connectivity index (χ4n) is 6.70. The minimum absolute atomic E-state index is 0.0879. The molecule has 0 unspecified atom stereocenters. The number of hydrogen-bond donors (Lipinski definition) is 12. The Balaban J connectivity index is 1.13. The van der Waals surface area contributed by atoms with Crippen LogP contribution in [0.15, 0.2) is 30.3 Å². The van der Waals surface area contributed by atoms with E-state index in [1.807, 2.05) is 0 Å². The quantitative estimate of drug-likeness (QED) is 0.114. The van der Waals surface area contributed by atoms with Crippen LogP contribution < -0.4 is 4.74 Å². The van der Waals surface area contributed by atoms with Gasteiger partial charge in [-0.1, -0.05) is 6.07 Å². The third-order valence-corrected chi connectivity index (χ3v) is 9.71. The second-order valence-electron chi connectivity index (χ2n) is 13.3. The fraction of sp³-hybridized carbons (Fsp3) is 0.636. The number of fused-ring (bicyclic) bond motifs is 1. The highest BCUT2D eigenvalue weighted by Gasteiger charge is 2.49. The van der Waals surface area contributed by atoms with Crippen LogP contribution >= 0.6 is 0 Å². The number of phenols is 4. The molecule has 0 saturated carbocycles. The van der Waals surface area contributed by atoms with Crippen molar-refractivity contribution in [2.75, 3.05) is 13.2 Å². The molecule has 4 heterocycles. The Morgan fingerprint density at radius 2 is 1.33 bits per heavy atom. The average Bonchev–Trinajstić information content (AvgIpc) is 3.11. The highest BCUT2D eigenvalue weighted by Crippen LogP contribution is 2.44. The van der Waals surface area contributed by atoms with E-state index in [0.717, 1.165) is 6.07 Å². The first-order valence-corrected chi connectivity index (χ1v) is 16.7. The molecule has 12 N–H and O–H groups in total. The summed E-state index contributed by atoms with van der Waals surface area (Å²) in [5.74, 6) is -1.41. The van der Waals surface area contributed by atoms with Crippen LogP contribution in [0.1, 0.15) is 30.6 Å². The minimum Gasteiger partial charge on any atom is -0.508 e. The lowest BCUT2D eigenvalue weighted by Gasteiger charge is -2.45. The van der Waals surface area contributed by atoms with E-state index < -0.39 is 123 Å². The van der Waals surface area contributed by atoms with Gasteiger partial charge in [0.25, 0.3) is 0 Å². The molecule has 4 aliphatic rings. The molecule has 0 aliphatic carbocycles. The van der Waals surface area contributed by atoms with Gasteiger partial charge in [0.05, 0.1) is 25.4 Å². The topological polar surface area (TPSA) is 307 Å². The summed E-state index contributed by atoms with van der Waals surface area (Å²) in [5, 5.41) is 124. The summed E-state index contributed by atoms with van der Waals surface area (Å²) < 4.78 is 40.5. The molecular formula is C33H44O19. The van der Waals surface area contributed by atoms with Crippen molar-refractivity contribution in [1.82, 2.24) is 0 Å². The summed E-state index contributed by atoms with van der Waals surface area (Å²) in [4.78, 5) is 0. The second kappa shape index (κ2) is 15.7. The number of aliphatic hydroxyl groups is 8. The van der Waals surface area contributed by atoms with Crippen LogP contribution in [-0.2, 0) is 34.8 Å². The number of ether oxygens (including phenoxy) is 7. The third-order valence-electron chi connectivity index (χ3n) is 9.71. The zero-order valence-electron chi connectivity index (χ0n) is 27.7. The second-order valence-corrected chi connectivity index (χ2v) is 13.3. The Morgan fingerprint density at radius 1 is 0.673 bits per heavy atom. The largest absolute Gasteiger partial charge is 0.508 e. The van der Waals surface area contributed by atoms with Crippen molar-refractivity contribution >= 4 is 0 Å². The van der Waals surface area contributed by atoms with Crippen LogP contribution in [0.25, 0.3) is 0 Å². The van der Waals surface area contributed by atoms with Crippen molar-refractivity contribution in [3.05, 3.63) is 41.5 Å². The van der Waals surface area contributed by atoms with Crippen molar-refractivity contribution in [2.45, 2.75) is 118 Å². The van der Waals surface area contributed by atoms with E-state index in [1.54, 1.807) is 0 Å². The summed E-state index contributed by atoms with van der Waals surface area (Å²) >= 11 is 0. The molecule has 19 heteroatoms. The van der Waals surface area contributed by atoms with Crippen LogP contribution in [0, 0.1) is 0 Å². The van der Waals surface area contributed by atoms with E-state index in [-0.39, 0.29) is 41.2 Å². The summed E-state index contributed by atoms with van der Waals surface area (Å²) in [6.07, 6.45) is -22.8. The summed E-state index contributed by atoms with van der Waals surface area (Å²) in [7, 11) is 0. The molecule has 2 aromatic carbocycles. The predicted molar refractivity (Wildman–Crippen MR) is 168 cm³/mol. The number of rotatable bonds is 9. The van der Waals surface area contributed by atoms with Gasteiger partial charge in [0.2, 0.25) is 0 Å². The van der Waals surface area contributed by atoms with E-state index in [2.05, 4.69) is 0 Å². The van der Waals surface area contributed by atoms with Gasteiger partial charge < -0.3 is 94.4 Å². The number of hydrogen-bond acceptors (Lipinski definition) is 19. The van der Waals surface area contributed by atoms with Crippen LogP contribution in [0.4, 0.5) is 0 Å². The number of phenolic OH excluding ortho intramolecular Hbond substituents is 4.